The zero-order chi connectivity index (χ0) is 23.9. The lowest BCUT2D eigenvalue weighted by atomic mass is 9.84. The van der Waals surface area contributed by atoms with Crippen LogP contribution in [0.1, 0.15) is 41.4 Å². The van der Waals surface area contributed by atoms with Crippen molar-refractivity contribution in [2.75, 3.05) is 26.7 Å². The second-order valence-electron chi connectivity index (χ2n) is 9.24. The van der Waals surface area contributed by atoms with Gasteiger partial charge in [-0.25, -0.2) is 0 Å². The monoisotopic (exact) mass is 460 g/mol. The van der Waals surface area contributed by atoms with Crippen molar-refractivity contribution in [3.8, 4) is 5.75 Å². The fourth-order valence-electron chi connectivity index (χ4n) is 4.95. The molecule has 1 aliphatic heterocycles. The van der Waals surface area contributed by atoms with E-state index in [0.717, 1.165) is 44.6 Å². The van der Waals surface area contributed by atoms with Crippen LogP contribution < -0.4 is 4.74 Å². The molecule has 4 rings (SSSR count). The summed E-state index contributed by atoms with van der Waals surface area (Å²) in [5.41, 5.74) is 3.09. The lowest BCUT2D eigenvalue weighted by Crippen LogP contribution is -2.47. The predicted octanol–water partition coefficient (Wildman–Crippen LogP) is 4.41. The van der Waals surface area contributed by atoms with Crippen LogP contribution in [0, 0.1) is 5.92 Å². The fourth-order valence-corrected chi connectivity index (χ4v) is 4.95. The topological polar surface area (TPSA) is 50.6 Å². The summed E-state index contributed by atoms with van der Waals surface area (Å²) >= 11 is 0. The quantitative estimate of drug-likeness (QED) is 0.475. The molecule has 0 saturated carbocycles. The summed E-state index contributed by atoms with van der Waals surface area (Å²) < 4.78 is 7.25. The highest BCUT2D eigenvalue weighted by atomic mass is 16.5. The lowest BCUT2D eigenvalue weighted by molar-refractivity contribution is 0.0579. The molecule has 1 amide bonds. The second-order valence-corrected chi connectivity index (χ2v) is 9.24. The normalized spacial score (nSPS) is 15.7. The molecule has 3 aromatic rings. The standard InChI is InChI=1S/C28H36N4O2/c1-4-34-25-12-10-23(11-13-25)21-32-18-14-24(15-19-32)27(20-22-8-6-5-7-9-22)31(3)28(33)26-16-17-30(2)29-26/h5-13,16-17,24,27H,4,14-15,18-21H2,1-3H3/t27-/m0/s1. The third-order valence-corrected chi connectivity index (χ3v) is 6.86. The molecule has 1 saturated heterocycles. The highest BCUT2D eigenvalue weighted by Crippen LogP contribution is 2.28. The van der Waals surface area contributed by atoms with E-state index in [1.165, 1.54) is 11.1 Å². The van der Waals surface area contributed by atoms with E-state index in [2.05, 4.69) is 58.5 Å². The van der Waals surface area contributed by atoms with Crippen LogP contribution >= 0.6 is 0 Å². The number of aryl methyl sites for hydroxylation is 1. The Morgan fingerprint density at radius 1 is 1.06 bits per heavy atom. The van der Waals surface area contributed by atoms with E-state index in [-0.39, 0.29) is 11.9 Å². The maximum atomic E-state index is 13.2. The van der Waals surface area contributed by atoms with Crippen molar-refractivity contribution in [3.63, 3.8) is 0 Å². The first-order valence-electron chi connectivity index (χ1n) is 12.3. The Labute approximate surface area is 203 Å². The summed E-state index contributed by atoms with van der Waals surface area (Å²) in [6, 6.07) is 20.9. The van der Waals surface area contributed by atoms with E-state index < -0.39 is 0 Å². The van der Waals surface area contributed by atoms with Gasteiger partial charge in [0.25, 0.3) is 5.91 Å². The maximum absolute atomic E-state index is 13.2. The van der Waals surface area contributed by atoms with E-state index in [0.29, 0.717) is 18.2 Å². The van der Waals surface area contributed by atoms with Gasteiger partial charge in [0.2, 0.25) is 0 Å². The Hall–Kier alpha value is -3.12. The Morgan fingerprint density at radius 2 is 1.76 bits per heavy atom. The van der Waals surface area contributed by atoms with Gasteiger partial charge in [-0.15, -0.1) is 0 Å². The van der Waals surface area contributed by atoms with Crippen LogP contribution in [0.25, 0.3) is 0 Å². The highest BCUT2D eigenvalue weighted by Gasteiger charge is 2.32. The number of rotatable bonds is 9. The van der Waals surface area contributed by atoms with E-state index in [9.17, 15) is 4.79 Å². The molecule has 180 valence electrons. The minimum Gasteiger partial charge on any atom is -0.494 e. The molecule has 1 aliphatic rings. The zero-order valence-electron chi connectivity index (χ0n) is 20.6. The van der Waals surface area contributed by atoms with Crippen LogP contribution in [0.3, 0.4) is 0 Å². The minimum atomic E-state index is -0.00153. The van der Waals surface area contributed by atoms with Crippen LogP contribution in [0.4, 0.5) is 0 Å². The molecule has 0 radical (unpaired) electrons. The van der Waals surface area contributed by atoms with Crippen molar-refractivity contribution in [1.29, 1.82) is 0 Å². The molecule has 6 heteroatoms. The average molecular weight is 461 g/mol. The van der Waals surface area contributed by atoms with Gasteiger partial charge < -0.3 is 9.64 Å². The molecule has 0 aliphatic carbocycles. The molecule has 0 spiro atoms. The molecule has 1 fully saturated rings. The Morgan fingerprint density at radius 3 is 2.38 bits per heavy atom. The summed E-state index contributed by atoms with van der Waals surface area (Å²) in [7, 11) is 3.79. The number of carbonyl (C=O) groups excluding carboxylic acids is 1. The van der Waals surface area contributed by atoms with Gasteiger partial charge in [0.05, 0.1) is 6.61 Å². The van der Waals surface area contributed by atoms with Gasteiger partial charge in [0, 0.05) is 32.9 Å². The summed E-state index contributed by atoms with van der Waals surface area (Å²) in [5.74, 6) is 1.38. The fraction of sp³-hybridized carbons (Fsp3) is 0.429. The third-order valence-electron chi connectivity index (χ3n) is 6.86. The van der Waals surface area contributed by atoms with Gasteiger partial charge in [0.15, 0.2) is 0 Å². The van der Waals surface area contributed by atoms with Crippen LogP contribution in [-0.2, 0) is 20.0 Å². The number of carbonyl (C=O) groups is 1. The van der Waals surface area contributed by atoms with Crippen molar-refractivity contribution in [2.45, 2.75) is 38.8 Å². The highest BCUT2D eigenvalue weighted by molar-refractivity contribution is 5.92. The van der Waals surface area contributed by atoms with Crippen molar-refractivity contribution >= 4 is 5.91 Å². The van der Waals surface area contributed by atoms with E-state index in [1.807, 2.05) is 38.2 Å². The molecular weight excluding hydrogens is 424 g/mol. The third kappa shape index (κ3) is 6.06. The predicted molar refractivity (Wildman–Crippen MR) is 135 cm³/mol. The molecule has 2 heterocycles. The first-order chi connectivity index (χ1) is 16.5. The van der Waals surface area contributed by atoms with Crippen molar-refractivity contribution < 1.29 is 9.53 Å². The molecule has 0 unspecified atom stereocenters. The Bertz CT molecular complexity index is 1040. The van der Waals surface area contributed by atoms with Crippen molar-refractivity contribution in [1.82, 2.24) is 19.6 Å². The number of piperidine rings is 1. The lowest BCUT2D eigenvalue weighted by Gasteiger charge is -2.40. The Balaban J connectivity index is 1.41. The number of hydrogen-bond donors (Lipinski definition) is 0. The molecular formula is C28H36N4O2. The number of likely N-dealkylation sites (N-methyl/N-ethyl adjacent to an activating group) is 1. The molecule has 0 N–H and O–H groups in total. The van der Waals surface area contributed by atoms with Gasteiger partial charge in [0.1, 0.15) is 11.4 Å². The summed E-state index contributed by atoms with van der Waals surface area (Å²) in [5, 5.41) is 4.35. The minimum absolute atomic E-state index is 0.00153. The number of amides is 1. The summed E-state index contributed by atoms with van der Waals surface area (Å²) in [6.45, 7) is 5.72. The SMILES string of the molecule is CCOc1ccc(CN2CCC([C@H](Cc3ccccc3)N(C)C(=O)c3ccn(C)n3)CC2)cc1. The molecule has 2 aromatic carbocycles. The Kier molecular flexibility index (Phi) is 8.01. The molecule has 6 nitrogen and oxygen atoms in total. The first kappa shape index (κ1) is 24.0. The zero-order valence-corrected chi connectivity index (χ0v) is 20.6. The number of benzene rings is 2. The summed E-state index contributed by atoms with van der Waals surface area (Å²) in [4.78, 5) is 17.7. The van der Waals surface area contributed by atoms with Gasteiger partial charge in [-0.3, -0.25) is 14.4 Å². The smallest absolute Gasteiger partial charge is 0.274 e. The molecule has 1 aromatic heterocycles. The van der Waals surface area contributed by atoms with Gasteiger partial charge in [-0.2, -0.15) is 5.10 Å². The molecule has 34 heavy (non-hydrogen) atoms. The largest absolute Gasteiger partial charge is 0.494 e. The number of hydrogen-bond acceptors (Lipinski definition) is 4. The van der Waals surface area contributed by atoms with Crippen LogP contribution in [0.15, 0.2) is 66.9 Å². The van der Waals surface area contributed by atoms with Crippen LogP contribution in [-0.4, -0.2) is 58.3 Å². The van der Waals surface area contributed by atoms with E-state index in [1.54, 1.807) is 10.7 Å². The summed E-state index contributed by atoms with van der Waals surface area (Å²) in [6.07, 6.45) is 4.84. The molecule has 0 bridgehead atoms. The van der Waals surface area contributed by atoms with Gasteiger partial charge >= 0.3 is 0 Å². The molecule has 1 atom stereocenters. The van der Waals surface area contributed by atoms with E-state index in [4.69, 9.17) is 4.74 Å². The number of likely N-dealkylation sites (tertiary alicyclic amines) is 1. The number of nitrogens with zero attached hydrogens (tertiary/aromatic N) is 4. The number of aromatic nitrogens is 2. The van der Waals surface area contributed by atoms with Crippen molar-refractivity contribution in [3.05, 3.63) is 83.7 Å². The maximum Gasteiger partial charge on any atom is 0.274 e. The van der Waals surface area contributed by atoms with Crippen molar-refractivity contribution in [2.24, 2.45) is 13.0 Å². The van der Waals surface area contributed by atoms with Gasteiger partial charge in [-0.05, 0) is 74.5 Å². The first-order valence-corrected chi connectivity index (χ1v) is 12.3. The number of ether oxygens (including phenoxy) is 1. The average Bonchev–Trinajstić information content (AvgIpc) is 3.30. The second kappa shape index (κ2) is 11.3. The van der Waals surface area contributed by atoms with Crippen LogP contribution in [0.2, 0.25) is 0 Å². The van der Waals surface area contributed by atoms with Crippen LogP contribution in [0.5, 0.6) is 5.75 Å². The van der Waals surface area contributed by atoms with Gasteiger partial charge in [-0.1, -0.05) is 42.5 Å². The van der Waals surface area contributed by atoms with E-state index >= 15 is 0 Å².